The zero-order valence-electron chi connectivity index (χ0n) is 9.43. The largest absolute Gasteiger partial charge is 0.482 e. The van der Waals surface area contributed by atoms with Gasteiger partial charge in [0.1, 0.15) is 5.75 Å². The van der Waals surface area contributed by atoms with E-state index in [1.165, 1.54) is 0 Å². The number of benzene rings is 1. The van der Waals surface area contributed by atoms with Crippen LogP contribution in [0.25, 0.3) is 0 Å². The molecule has 0 bridgehead atoms. The minimum Gasteiger partial charge on any atom is -0.482 e. The van der Waals surface area contributed by atoms with Crippen molar-refractivity contribution in [2.24, 2.45) is 0 Å². The topological polar surface area (TPSA) is 38.3 Å². The maximum absolute atomic E-state index is 11.3. The van der Waals surface area contributed by atoms with E-state index >= 15 is 0 Å². The smallest absolute Gasteiger partial charge is 0.258 e. The van der Waals surface area contributed by atoms with Crippen LogP contribution in [-0.2, 0) is 4.79 Å². The number of aryl methyl sites for hydroxylation is 1. The summed E-state index contributed by atoms with van der Waals surface area (Å²) in [5.74, 6) is 0.218. The van der Waals surface area contributed by atoms with Crippen LogP contribution in [0, 0.1) is 6.92 Å². The lowest BCUT2D eigenvalue weighted by Crippen LogP contribution is -2.29. The maximum Gasteiger partial charge on any atom is 0.258 e. The summed E-state index contributed by atoms with van der Waals surface area (Å²) in [7, 11) is 0. The first-order valence-corrected chi connectivity index (χ1v) is 5.73. The van der Waals surface area contributed by atoms with Gasteiger partial charge in [-0.1, -0.05) is 35.8 Å². The fourth-order valence-corrected chi connectivity index (χ4v) is 1.35. The molecule has 0 spiro atoms. The second-order valence-corrected chi connectivity index (χ2v) is 4.46. The molecular weight excluding hydrogens is 261 g/mol. The van der Waals surface area contributed by atoms with Gasteiger partial charge < -0.3 is 10.1 Å². The number of halogens is 2. The normalized spacial score (nSPS) is 9.82. The third-order valence-electron chi connectivity index (χ3n) is 1.92. The van der Waals surface area contributed by atoms with Gasteiger partial charge in [0.2, 0.25) is 0 Å². The van der Waals surface area contributed by atoms with Gasteiger partial charge in [0, 0.05) is 5.03 Å². The van der Waals surface area contributed by atoms with Gasteiger partial charge in [-0.3, -0.25) is 4.79 Å². The van der Waals surface area contributed by atoms with Crippen molar-refractivity contribution < 1.29 is 9.53 Å². The molecule has 0 atom stereocenters. The van der Waals surface area contributed by atoms with E-state index in [1.54, 1.807) is 12.1 Å². The molecule has 5 heteroatoms. The molecule has 92 valence electrons. The molecule has 1 N–H and O–H groups in total. The van der Waals surface area contributed by atoms with E-state index in [1.807, 2.05) is 13.0 Å². The quantitative estimate of drug-likeness (QED) is 0.896. The minimum atomic E-state index is -0.274. The predicted molar refractivity (Wildman–Crippen MR) is 69.7 cm³/mol. The highest BCUT2D eigenvalue weighted by Crippen LogP contribution is 2.24. The molecule has 17 heavy (non-hydrogen) atoms. The number of carbonyl (C=O) groups excluding carboxylic acids is 1. The molecule has 0 saturated heterocycles. The Hall–Kier alpha value is -1.19. The van der Waals surface area contributed by atoms with Gasteiger partial charge in [-0.2, -0.15) is 0 Å². The Morgan fingerprint density at radius 1 is 1.53 bits per heavy atom. The molecule has 1 amide bonds. The van der Waals surface area contributed by atoms with Crippen molar-refractivity contribution >= 4 is 29.1 Å². The molecule has 0 radical (unpaired) electrons. The van der Waals surface area contributed by atoms with Crippen molar-refractivity contribution in [1.29, 1.82) is 0 Å². The van der Waals surface area contributed by atoms with Crippen LogP contribution in [0.5, 0.6) is 5.75 Å². The molecule has 0 aromatic heterocycles. The fourth-order valence-electron chi connectivity index (χ4n) is 1.11. The van der Waals surface area contributed by atoms with Crippen LogP contribution < -0.4 is 10.1 Å². The zero-order chi connectivity index (χ0) is 12.8. The first kappa shape index (κ1) is 13.9. The second kappa shape index (κ2) is 6.52. The summed E-state index contributed by atoms with van der Waals surface area (Å²) < 4.78 is 5.29. The Morgan fingerprint density at radius 3 is 2.88 bits per heavy atom. The molecular formula is C12H13Cl2NO2. The first-order valence-electron chi connectivity index (χ1n) is 4.98. The van der Waals surface area contributed by atoms with Gasteiger partial charge in [0.25, 0.3) is 5.91 Å². The van der Waals surface area contributed by atoms with E-state index in [0.29, 0.717) is 15.8 Å². The van der Waals surface area contributed by atoms with Crippen LogP contribution in [0.15, 0.2) is 29.8 Å². The van der Waals surface area contributed by atoms with E-state index in [4.69, 9.17) is 27.9 Å². The summed E-state index contributed by atoms with van der Waals surface area (Å²) in [4.78, 5) is 11.3. The molecule has 0 fully saturated rings. The highest BCUT2D eigenvalue weighted by molar-refractivity contribution is 6.32. The van der Waals surface area contributed by atoms with Gasteiger partial charge in [-0.25, -0.2) is 0 Å². The second-order valence-electron chi connectivity index (χ2n) is 3.52. The molecule has 0 aliphatic heterocycles. The standard InChI is InChI=1S/C12H13Cl2NO2/c1-8-3-4-10(14)11(5-8)17-7-12(16)15-6-9(2)13/h3-5H,2,6-7H2,1H3,(H,15,16). The summed E-state index contributed by atoms with van der Waals surface area (Å²) in [6.45, 7) is 5.50. The number of hydrogen-bond acceptors (Lipinski definition) is 2. The van der Waals surface area contributed by atoms with E-state index in [2.05, 4.69) is 11.9 Å². The summed E-state index contributed by atoms with van der Waals surface area (Å²) in [6.07, 6.45) is 0. The van der Waals surface area contributed by atoms with Gasteiger partial charge >= 0.3 is 0 Å². The van der Waals surface area contributed by atoms with Crippen molar-refractivity contribution in [3.05, 3.63) is 40.4 Å². The summed E-state index contributed by atoms with van der Waals surface area (Å²) >= 11 is 11.4. The van der Waals surface area contributed by atoms with Gasteiger partial charge in [-0.05, 0) is 24.6 Å². The van der Waals surface area contributed by atoms with Crippen molar-refractivity contribution in [3.8, 4) is 5.75 Å². The zero-order valence-corrected chi connectivity index (χ0v) is 10.9. The molecule has 0 saturated carbocycles. The molecule has 0 heterocycles. The van der Waals surface area contributed by atoms with Crippen molar-refractivity contribution in [1.82, 2.24) is 5.32 Å². The van der Waals surface area contributed by atoms with E-state index in [9.17, 15) is 4.79 Å². The Bertz CT molecular complexity index is 433. The van der Waals surface area contributed by atoms with Crippen LogP contribution in [0.3, 0.4) is 0 Å². The lowest BCUT2D eigenvalue weighted by atomic mass is 10.2. The van der Waals surface area contributed by atoms with Crippen molar-refractivity contribution in [2.75, 3.05) is 13.2 Å². The number of nitrogens with one attached hydrogen (secondary N) is 1. The first-order chi connectivity index (χ1) is 7.99. The lowest BCUT2D eigenvalue weighted by molar-refractivity contribution is -0.122. The highest BCUT2D eigenvalue weighted by atomic mass is 35.5. The molecule has 0 unspecified atom stereocenters. The molecule has 3 nitrogen and oxygen atoms in total. The molecule has 1 rings (SSSR count). The number of amides is 1. The van der Waals surface area contributed by atoms with Crippen LogP contribution in [0.1, 0.15) is 5.56 Å². The summed E-state index contributed by atoms with van der Waals surface area (Å²) in [5.41, 5.74) is 1.01. The van der Waals surface area contributed by atoms with Crippen LogP contribution in [0.2, 0.25) is 5.02 Å². The predicted octanol–water partition coefficient (Wildman–Crippen LogP) is 2.90. The Kier molecular flexibility index (Phi) is 5.32. The Morgan fingerprint density at radius 2 is 2.24 bits per heavy atom. The Labute approximate surface area is 110 Å². The van der Waals surface area contributed by atoms with Crippen LogP contribution >= 0.6 is 23.2 Å². The van der Waals surface area contributed by atoms with Gasteiger partial charge in [-0.15, -0.1) is 0 Å². The number of rotatable bonds is 5. The average molecular weight is 274 g/mol. The third-order valence-corrected chi connectivity index (χ3v) is 2.37. The minimum absolute atomic E-state index is 0.104. The van der Waals surface area contributed by atoms with E-state index < -0.39 is 0 Å². The number of carbonyl (C=O) groups is 1. The molecule has 1 aromatic carbocycles. The van der Waals surface area contributed by atoms with Gasteiger partial charge in [0.05, 0.1) is 11.6 Å². The highest BCUT2D eigenvalue weighted by Gasteiger charge is 2.05. The van der Waals surface area contributed by atoms with Crippen molar-refractivity contribution in [3.63, 3.8) is 0 Å². The number of hydrogen-bond donors (Lipinski definition) is 1. The fraction of sp³-hybridized carbons (Fsp3) is 0.250. The molecule has 0 aliphatic carbocycles. The molecule has 0 aliphatic rings. The summed E-state index contributed by atoms with van der Waals surface area (Å²) in [6, 6.07) is 5.37. The maximum atomic E-state index is 11.3. The van der Waals surface area contributed by atoms with Crippen LogP contribution in [0.4, 0.5) is 0 Å². The number of ether oxygens (including phenoxy) is 1. The van der Waals surface area contributed by atoms with Crippen LogP contribution in [-0.4, -0.2) is 19.1 Å². The monoisotopic (exact) mass is 273 g/mol. The molecule has 1 aromatic rings. The summed E-state index contributed by atoms with van der Waals surface area (Å²) in [5, 5.41) is 3.39. The SMILES string of the molecule is C=C(Cl)CNC(=O)COc1cc(C)ccc1Cl. The van der Waals surface area contributed by atoms with E-state index in [-0.39, 0.29) is 19.1 Å². The average Bonchev–Trinajstić information content (AvgIpc) is 2.27. The third kappa shape index (κ3) is 5.11. The Balaban J connectivity index is 2.47. The van der Waals surface area contributed by atoms with Gasteiger partial charge in [0.15, 0.2) is 6.61 Å². The van der Waals surface area contributed by atoms with Crippen molar-refractivity contribution in [2.45, 2.75) is 6.92 Å². The van der Waals surface area contributed by atoms with E-state index in [0.717, 1.165) is 5.56 Å². The lowest BCUT2D eigenvalue weighted by Gasteiger charge is -2.09.